The molecule has 1 heterocycles. The SMILES string of the molecule is COC(=O)CN1C(=O)/C(=C/c2ccc(Cl)cc2)N(C)C1=S. The summed E-state index contributed by atoms with van der Waals surface area (Å²) >= 11 is 11.0. The highest BCUT2D eigenvalue weighted by Gasteiger charge is 2.36. The number of ether oxygens (including phenoxy) is 1. The number of likely N-dealkylation sites (N-methyl/N-ethyl adjacent to an activating group) is 1. The molecule has 0 atom stereocenters. The molecule has 0 N–H and O–H groups in total. The van der Waals surface area contributed by atoms with E-state index in [1.54, 1.807) is 42.3 Å². The second-order valence-corrected chi connectivity index (χ2v) is 5.19. The lowest BCUT2D eigenvalue weighted by atomic mass is 10.2. The minimum atomic E-state index is -0.521. The highest BCUT2D eigenvalue weighted by molar-refractivity contribution is 7.80. The Hall–Kier alpha value is -1.92. The first kappa shape index (κ1) is 15.5. The molecule has 0 saturated carbocycles. The average molecular weight is 325 g/mol. The minimum Gasteiger partial charge on any atom is -0.468 e. The maximum atomic E-state index is 12.3. The van der Waals surface area contributed by atoms with Gasteiger partial charge in [-0.2, -0.15) is 0 Å². The van der Waals surface area contributed by atoms with Gasteiger partial charge in [-0.3, -0.25) is 14.5 Å². The Morgan fingerprint density at radius 3 is 2.57 bits per heavy atom. The molecule has 0 radical (unpaired) electrons. The lowest BCUT2D eigenvalue weighted by Crippen LogP contribution is -2.36. The van der Waals surface area contributed by atoms with Gasteiger partial charge in [-0.05, 0) is 36.0 Å². The molecule has 1 aromatic carbocycles. The highest BCUT2D eigenvalue weighted by Crippen LogP contribution is 2.22. The topological polar surface area (TPSA) is 49.9 Å². The van der Waals surface area contributed by atoms with Crippen molar-refractivity contribution in [3.63, 3.8) is 0 Å². The molecule has 1 aliphatic heterocycles. The van der Waals surface area contributed by atoms with Crippen molar-refractivity contribution in [3.05, 3.63) is 40.5 Å². The van der Waals surface area contributed by atoms with Crippen LogP contribution in [0.3, 0.4) is 0 Å². The summed E-state index contributed by atoms with van der Waals surface area (Å²) in [5.41, 5.74) is 1.21. The number of methoxy groups -OCH3 is 1. The van der Waals surface area contributed by atoms with E-state index in [4.69, 9.17) is 23.8 Å². The van der Waals surface area contributed by atoms with Gasteiger partial charge in [0.25, 0.3) is 5.91 Å². The van der Waals surface area contributed by atoms with Crippen LogP contribution in [-0.2, 0) is 14.3 Å². The second-order valence-electron chi connectivity index (χ2n) is 4.39. The van der Waals surface area contributed by atoms with Crippen LogP contribution >= 0.6 is 23.8 Å². The summed E-state index contributed by atoms with van der Waals surface area (Å²) < 4.78 is 4.57. The predicted molar refractivity (Wildman–Crippen MR) is 83.5 cm³/mol. The van der Waals surface area contributed by atoms with Crippen molar-refractivity contribution in [3.8, 4) is 0 Å². The zero-order valence-corrected chi connectivity index (χ0v) is 13.1. The van der Waals surface area contributed by atoms with Gasteiger partial charge in [0, 0.05) is 12.1 Å². The molecule has 1 aromatic rings. The first-order chi connectivity index (χ1) is 9.93. The van der Waals surface area contributed by atoms with Crippen LogP contribution in [0.5, 0.6) is 0 Å². The monoisotopic (exact) mass is 324 g/mol. The van der Waals surface area contributed by atoms with Crippen LogP contribution in [0.2, 0.25) is 5.02 Å². The fraction of sp³-hybridized carbons (Fsp3) is 0.214. The molecule has 1 fully saturated rings. The van der Waals surface area contributed by atoms with E-state index in [0.717, 1.165) is 5.56 Å². The van der Waals surface area contributed by atoms with Crippen LogP contribution in [0.15, 0.2) is 30.0 Å². The zero-order valence-electron chi connectivity index (χ0n) is 11.5. The molecule has 110 valence electrons. The van der Waals surface area contributed by atoms with Crippen molar-refractivity contribution in [2.45, 2.75) is 0 Å². The summed E-state index contributed by atoms with van der Waals surface area (Å²) in [4.78, 5) is 26.5. The average Bonchev–Trinajstić information content (AvgIpc) is 2.67. The first-order valence-corrected chi connectivity index (χ1v) is 6.86. The van der Waals surface area contributed by atoms with Crippen molar-refractivity contribution in [1.82, 2.24) is 9.80 Å². The molecule has 0 unspecified atom stereocenters. The Morgan fingerprint density at radius 1 is 1.38 bits per heavy atom. The maximum absolute atomic E-state index is 12.3. The number of thiocarbonyl (C=S) groups is 1. The summed E-state index contributed by atoms with van der Waals surface area (Å²) in [5.74, 6) is -0.852. The van der Waals surface area contributed by atoms with Crippen molar-refractivity contribution in [2.75, 3.05) is 20.7 Å². The van der Waals surface area contributed by atoms with Gasteiger partial charge in [-0.1, -0.05) is 23.7 Å². The maximum Gasteiger partial charge on any atom is 0.325 e. The van der Waals surface area contributed by atoms with E-state index in [0.29, 0.717) is 10.7 Å². The number of carbonyl (C=O) groups excluding carboxylic acids is 2. The van der Waals surface area contributed by atoms with Gasteiger partial charge in [-0.15, -0.1) is 0 Å². The molecule has 5 nitrogen and oxygen atoms in total. The minimum absolute atomic E-state index is 0.198. The quantitative estimate of drug-likeness (QED) is 0.483. The van der Waals surface area contributed by atoms with E-state index in [-0.39, 0.29) is 17.6 Å². The molecule has 0 spiro atoms. The number of hydrogen-bond donors (Lipinski definition) is 0. The van der Waals surface area contributed by atoms with Gasteiger partial charge in [0.15, 0.2) is 5.11 Å². The van der Waals surface area contributed by atoms with Crippen LogP contribution in [-0.4, -0.2) is 47.5 Å². The largest absolute Gasteiger partial charge is 0.468 e. The highest BCUT2D eigenvalue weighted by atomic mass is 35.5. The molecule has 7 heteroatoms. The lowest BCUT2D eigenvalue weighted by molar-refractivity contribution is -0.143. The number of nitrogens with zero attached hydrogens (tertiary/aromatic N) is 2. The summed E-state index contributed by atoms with van der Waals surface area (Å²) in [5, 5.41) is 0.886. The van der Waals surface area contributed by atoms with Crippen molar-refractivity contribution >= 4 is 46.9 Å². The van der Waals surface area contributed by atoms with Gasteiger partial charge in [0.05, 0.1) is 7.11 Å². The standard InChI is InChI=1S/C14H13ClN2O3S/c1-16-11(7-9-3-5-10(15)6-4-9)13(19)17(14(16)21)8-12(18)20-2/h3-7H,8H2,1-2H3/b11-7-. The molecule has 1 aliphatic rings. The third-order valence-electron chi connectivity index (χ3n) is 3.03. The summed E-state index contributed by atoms with van der Waals surface area (Å²) in [6.07, 6.45) is 1.70. The molecule has 0 bridgehead atoms. The Bertz CT molecular complexity index is 628. The van der Waals surface area contributed by atoms with Crippen LogP contribution in [0.1, 0.15) is 5.56 Å². The molecule has 0 aromatic heterocycles. The number of halogens is 1. The number of rotatable bonds is 3. The smallest absolute Gasteiger partial charge is 0.325 e. The molecular weight excluding hydrogens is 312 g/mol. The van der Waals surface area contributed by atoms with Crippen LogP contribution in [0.25, 0.3) is 6.08 Å². The molecular formula is C14H13ClN2O3S. The van der Waals surface area contributed by atoms with Crippen LogP contribution in [0, 0.1) is 0 Å². The fourth-order valence-electron chi connectivity index (χ4n) is 1.86. The number of esters is 1. The Labute approximate surface area is 132 Å². The fourth-order valence-corrected chi connectivity index (χ4v) is 2.23. The van der Waals surface area contributed by atoms with E-state index in [9.17, 15) is 9.59 Å². The van der Waals surface area contributed by atoms with Gasteiger partial charge in [-0.25, -0.2) is 0 Å². The van der Waals surface area contributed by atoms with Crippen molar-refractivity contribution < 1.29 is 14.3 Å². The normalized spacial score (nSPS) is 16.8. The molecule has 1 saturated heterocycles. The Balaban J connectivity index is 2.28. The van der Waals surface area contributed by atoms with Crippen molar-refractivity contribution in [2.24, 2.45) is 0 Å². The summed E-state index contributed by atoms with van der Waals surface area (Å²) in [6.45, 7) is -0.198. The number of benzene rings is 1. The molecule has 0 aliphatic carbocycles. The van der Waals surface area contributed by atoms with Gasteiger partial charge >= 0.3 is 5.97 Å². The number of carbonyl (C=O) groups is 2. The van der Waals surface area contributed by atoms with Crippen LogP contribution in [0.4, 0.5) is 0 Å². The van der Waals surface area contributed by atoms with Crippen molar-refractivity contribution in [1.29, 1.82) is 0 Å². The first-order valence-electron chi connectivity index (χ1n) is 6.07. The molecule has 21 heavy (non-hydrogen) atoms. The predicted octanol–water partition coefficient (Wildman–Crippen LogP) is 1.91. The Morgan fingerprint density at radius 2 is 2.00 bits per heavy atom. The number of amides is 1. The van der Waals surface area contributed by atoms with E-state index < -0.39 is 5.97 Å². The summed E-state index contributed by atoms with van der Waals surface area (Å²) in [7, 11) is 2.94. The van der Waals surface area contributed by atoms with Gasteiger partial charge in [0.1, 0.15) is 12.2 Å². The second kappa shape index (κ2) is 6.24. The third kappa shape index (κ3) is 3.22. The molecule has 2 rings (SSSR count). The van der Waals surface area contributed by atoms with Gasteiger partial charge < -0.3 is 9.64 Å². The third-order valence-corrected chi connectivity index (χ3v) is 3.78. The zero-order chi connectivity index (χ0) is 15.6. The van der Waals surface area contributed by atoms with Gasteiger partial charge in [0.2, 0.25) is 0 Å². The van der Waals surface area contributed by atoms with E-state index in [1.165, 1.54) is 12.0 Å². The van der Waals surface area contributed by atoms with E-state index in [1.807, 2.05) is 0 Å². The number of hydrogen-bond acceptors (Lipinski definition) is 4. The lowest BCUT2D eigenvalue weighted by Gasteiger charge is -2.14. The van der Waals surface area contributed by atoms with E-state index in [2.05, 4.69) is 4.74 Å². The Kier molecular flexibility index (Phi) is 4.59. The van der Waals surface area contributed by atoms with E-state index >= 15 is 0 Å². The van der Waals surface area contributed by atoms with Crippen LogP contribution < -0.4 is 0 Å². The molecule has 1 amide bonds. The summed E-state index contributed by atoms with van der Waals surface area (Å²) in [6, 6.07) is 7.06.